The van der Waals surface area contributed by atoms with Crippen LogP contribution in [0.4, 0.5) is 0 Å². The highest BCUT2D eigenvalue weighted by atomic mass is 79.9. The molecular formula is C14H14BrNO2S. The van der Waals surface area contributed by atoms with Crippen LogP contribution >= 0.6 is 27.3 Å². The van der Waals surface area contributed by atoms with E-state index < -0.39 is 0 Å². The van der Waals surface area contributed by atoms with Crippen LogP contribution in [0.1, 0.15) is 34.8 Å². The van der Waals surface area contributed by atoms with E-state index in [0.717, 1.165) is 14.4 Å². The molecule has 0 saturated carbocycles. The molecule has 0 unspecified atom stereocenters. The zero-order chi connectivity index (χ0) is 14.0. The number of hydrogen-bond acceptors (Lipinski definition) is 4. The van der Waals surface area contributed by atoms with Crippen LogP contribution in [-0.2, 0) is 10.2 Å². The lowest BCUT2D eigenvalue weighted by atomic mass is 9.85. The van der Waals surface area contributed by atoms with Gasteiger partial charge in [-0.1, -0.05) is 12.1 Å². The molecule has 2 rings (SSSR count). The summed E-state index contributed by atoms with van der Waals surface area (Å²) in [6.07, 6.45) is 1.81. The largest absolute Gasteiger partial charge is 0.465 e. The molecule has 0 aliphatic heterocycles. The third-order valence-corrected chi connectivity index (χ3v) is 4.84. The van der Waals surface area contributed by atoms with Gasteiger partial charge in [0, 0.05) is 5.41 Å². The number of methoxy groups -OCH3 is 1. The van der Waals surface area contributed by atoms with Crippen molar-refractivity contribution < 1.29 is 9.53 Å². The molecule has 0 bridgehead atoms. The van der Waals surface area contributed by atoms with E-state index in [2.05, 4.69) is 34.8 Å². The first kappa shape index (κ1) is 14.2. The fraction of sp³-hybridized carbons (Fsp3) is 0.286. The van der Waals surface area contributed by atoms with Crippen LogP contribution in [0.5, 0.6) is 0 Å². The van der Waals surface area contributed by atoms with Gasteiger partial charge in [0.15, 0.2) is 0 Å². The van der Waals surface area contributed by atoms with Gasteiger partial charge in [0.25, 0.3) is 0 Å². The molecule has 2 aromatic rings. The summed E-state index contributed by atoms with van der Waals surface area (Å²) in [5.41, 5.74) is 1.48. The van der Waals surface area contributed by atoms with Crippen molar-refractivity contribution in [1.29, 1.82) is 0 Å². The Morgan fingerprint density at radius 2 is 1.95 bits per heavy atom. The van der Waals surface area contributed by atoms with E-state index in [0.29, 0.717) is 5.56 Å². The molecule has 100 valence electrons. The maximum atomic E-state index is 11.4. The molecule has 0 fully saturated rings. The summed E-state index contributed by atoms with van der Waals surface area (Å²) in [7, 11) is 1.38. The van der Waals surface area contributed by atoms with Crippen LogP contribution in [0.2, 0.25) is 0 Å². The van der Waals surface area contributed by atoms with Crippen molar-refractivity contribution in [2.75, 3.05) is 7.11 Å². The molecule has 1 heterocycles. The van der Waals surface area contributed by atoms with E-state index in [1.807, 2.05) is 18.3 Å². The topological polar surface area (TPSA) is 39.2 Å². The fourth-order valence-electron chi connectivity index (χ4n) is 1.81. The average Bonchev–Trinajstić information content (AvgIpc) is 2.85. The molecule has 3 nitrogen and oxygen atoms in total. The number of thiazole rings is 1. The molecule has 1 aromatic carbocycles. The Morgan fingerprint density at radius 1 is 1.32 bits per heavy atom. The molecule has 0 spiro atoms. The fourth-order valence-corrected chi connectivity index (χ4v) is 3.14. The van der Waals surface area contributed by atoms with Gasteiger partial charge in [0.1, 0.15) is 5.01 Å². The number of hydrogen-bond donors (Lipinski definition) is 0. The number of carbonyl (C=O) groups is 1. The van der Waals surface area contributed by atoms with Crippen LogP contribution in [0, 0.1) is 0 Å². The Hall–Kier alpha value is -1.20. The van der Waals surface area contributed by atoms with Crippen molar-refractivity contribution in [1.82, 2.24) is 4.98 Å². The predicted molar refractivity (Wildman–Crippen MR) is 79.7 cm³/mol. The van der Waals surface area contributed by atoms with Crippen LogP contribution in [0.25, 0.3) is 0 Å². The number of ether oxygens (including phenoxy) is 1. The second-order valence-electron chi connectivity index (χ2n) is 4.66. The van der Waals surface area contributed by atoms with E-state index in [4.69, 9.17) is 4.74 Å². The lowest BCUT2D eigenvalue weighted by Crippen LogP contribution is -2.18. The number of aromatic nitrogens is 1. The van der Waals surface area contributed by atoms with Gasteiger partial charge in [-0.3, -0.25) is 0 Å². The number of nitrogens with zero attached hydrogens (tertiary/aromatic N) is 1. The van der Waals surface area contributed by atoms with E-state index in [1.165, 1.54) is 7.11 Å². The first-order valence-electron chi connectivity index (χ1n) is 5.76. The quantitative estimate of drug-likeness (QED) is 0.793. The van der Waals surface area contributed by atoms with Crippen molar-refractivity contribution in [3.8, 4) is 0 Å². The molecule has 19 heavy (non-hydrogen) atoms. The summed E-state index contributed by atoms with van der Waals surface area (Å²) in [5.74, 6) is -0.318. The molecule has 5 heteroatoms. The maximum Gasteiger partial charge on any atom is 0.337 e. The molecule has 0 saturated heterocycles. The Morgan fingerprint density at radius 3 is 2.42 bits per heavy atom. The SMILES string of the molecule is COC(=O)c1ccc(C(C)(C)c2ncc(Br)s2)cc1. The maximum absolute atomic E-state index is 11.4. The van der Waals surface area contributed by atoms with Crippen molar-refractivity contribution in [3.63, 3.8) is 0 Å². The van der Waals surface area contributed by atoms with Gasteiger partial charge in [-0.15, -0.1) is 11.3 Å². The highest BCUT2D eigenvalue weighted by Crippen LogP contribution is 2.35. The smallest absolute Gasteiger partial charge is 0.337 e. The second kappa shape index (κ2) is 5.43. The van der Waals surface area contributed by atoms with Gasteiger partial charge in [-0.2, -0.15) is 0 Å². The summed E-state index contributed by atoms with van der Waals surface area (Å²) < 4.78 is 5.71. The Labute approximate surface area is 124 Å². The minimum Gasteiger partial charge on any atom is -0.465 e. The molecular weight excluding hydrogens is 326 g/mol. The zero-order valence-corrected chi connectivity index (χ0v) is 13.3. The molecule has 0 aliphatic carbocycles. The summed E-state index contributed by atoms with van der Waals surface area (Å²) >= 11 is 5.05. The number of benzene rings is 1. The average molecular weight is 340 g/mol. The van der Waals surface area contributed by atoms with Gasteiger partial charge in [-0.25, -0.2) is 9.78 Å². The Balaban J connectivity index is 2.33. The molecule has 0 aliphatic rings. The monoisotopic (exact) mass is 339 g/mol. The van der Waals surface area contributed by atoms with E-state index in [1.54, 1.807) is 23.5 Å². The number of halogens is 1. The molecule has 1 aromatic heterocycles. The Kier molecular flexibility index (Phi) is 4.06. The van der Waals surface area contributed by atoms with Crippen LogP contribution < -0.4 is 0 Å². The van der Waals surface area contributed by atoms with Gasteiger partial charge in [0.05, 0.1) is 22.7 Å². The van der Waals surface area contributed by atoms with E-state index in [9.17, 15) is 4.79 Å². The Bertz CT molecular complexity index is 590. The lowest BCUT2D eigenvalue weighted by Gasteiger charge is -2.22. The van der Waals surface area contributed by atoms with E-state index >= 15 is 0 Å². The highest BCUT2D eigenvalue weighted by Gasteiger charge is 2.26. The van der Waals surface area contributed by atoms with Gasteiger partial charge < -0.3 is 4.74 Å². The highest BCUT2D eigenvalue weighted by molar-refractivity contribution is 9.11. The molecule has 0 N–H and O–H groups in total. The lowest BCUT2D eigenvalue weighted by molar-refractivity contribution is 0.0600. The minimum absolute atomic E-state index is 0.189. The van der Waals surface area contributed by atoms with Gasteiger partial charge >= 0.3 is 5.97 Å². The summed E-state index contributed by atoms with van der Waals surface area (Å²) in [4.78, 5) is 15.8. The van der Waals surface area contributed by atoms with Crippen LogP contribution in [0.3, 0.4) is 0 Å². The first-order valence-corrected chi connectivity index (χ1v) is 7.37. The third-order valence-electron chi connectivity index (χ3n) is 3.04. The summed E-state index contributed by atoms with van der Waals surface area (Å²) in [5, 5.41) is 1.03. The minimum atomic E-state index is -0.318. The molecule has 0 amide bonds. The van der Waals surface area contributed by atoms with Crippen LogP contribution in [-0.4, -0.2) is 18.1 Å². The summed E-state index contributed by atoms with van der Waals surface area (Å²) in [6.45, 7) is 4.23. The number of rotatable bonds is 3. The van der Waals surface area contributed by atoms with E-state index in [-0.39, 0.29) is 11.4 Å². The standard InChI is InChI=1S/C14H14BrNO2S/c1-14(2,13-16-8-11(15)19-13)10-6-4-9(5-7-10)12(17)18-3/h4-8H,1-3H3. The van der Waals surface area contributed by atoms with Crippen molar-refractivity contribution in [2.24, 2.45) is 0 Å². The van der Waals surface area contributed by atoms with Crippen LogP contribution in [0.15, 0.2) is 34.2 Å². The number of esters is 1. The second-order valence-corrected chi connectivity index (χ2v) is 7.07. The summed E-state index contributed by atoms with van der Waals surface area (Å²) in [6, 6.07) is 7.46. The zero-order valence-electron chi connectivity index (χ0n) is 10.9. The van der Waals surface area contributed by atoms with Gasteiger partial charge in [0.2, 0.25) is 0 Å². The van der Waals surface area contributed by atoms with Crippen molar-refractivity contribution in [3.05, 3.63) is 50.4 Å². The molecule has 0 radical (unpaired) electrons. The first-order chi connectivity index (χ1) is 8.95. The van der Waals surface area contributed by atoms with Crippen molar-refractivity contribution in [2.45, 2.75) is 19.3 Å². The normalized spacial score (nSPS) is 11.4. The van der Waals surface area contributed by atoms with Crippen molar-refractivity contribution >= 4 is 33.2 Å². The molecule has 0 atom stereocenters. The van der Waals surface area contributed by atoms with Gasteiger partial charge in [-0.05, 0) is 47.5 Å². The third kappa shape index (κ3) is 2.87. The predicted octanol–water partition coefficient (Wildman–Crippen LogP) is 4.02. The number of carbonyl (C=O) groups excluding carboxylic acids is 1.